The average Bonchev–Trinajstić information content (AvgIpc) is 2.69. The van der Waals surface area contributed by atoms with Crippen LogP contribution < -0.4 is 15.5 Å². The van der Waals surface area contributed by atoms with E-state index in [0.717, 1.165) is 54.0 Å². The summed E-state index contributed by atoms with van der Waals surface area (Å²) in [7, 11) is 0. The van der Waals surface area contributed by atoms with Crippen molar-refractivity contribution in [2.45, 2.75) is 33.6 Å². The molecule has 6 nitrogen and oxygen atoms in total. The number of aryl methyl sites for hydroxylation is 3. The van der Waals surface area contributed by atoms with Gasteiger partial charge >= 0.3 is 11.8 Å². The number of piperidine rings is 1. The van der Waals surface area contributed by atoms with Crippen molar-refractivity contribution < 1.29 is 9.59 Å². The van der Waals surface area contributed by atoms with E-state index in [2.05, 4.69) is 26.6 Å². The first-order valence-corrected chi connectivity index (χ1v) is 9.76. The lowest BCUT2D eigenvalue weighted by molar-refractivity contribution is -0.136. The minimum atomic E-state index is -0.608. The van der Waals surface area contributed by atoms with Gasteiger partial charge in [-0.2, -0.15) is 0 Å². The molecule has 0 radical (unpaired) electrons. The predicted molar refractivity (Wildman–Crippen MR) is 111 cm³/mol. The number of nitrogens with one attached hydrogen (secondary N) is 2. The fraction of sp³-hybridized carbons (Fsp3) is 0.409. The van der Waals surface area contributed by atoms with Crippen molar-refractivity contribution in [3.05, 3.63) is 53.3 Å². The first-order chi connectivity index (χ1) is 13.4. The van der Waals surface area contributed by atoms with Crippen LogP contribution in [-0.2, 0) is 9.59 Å². The normalized spacial score (nSPS) is 14.6. The van der Waals surface area contributed by atoms with Crippen LogP contribution in [0.15, 0.2) is 36.7 Å². The number of carbonyl (C=O) groups is 2. The molecule has 1 aliphatic rings. The molecule has 1 aromatic carbocycles. The molecule has 3 rings (SSSR count). The van der Waals surface area contributed by atoms with E-state index in [-0.39, 0.29) is 0 Å². The van der Waals surface area contributed by atoms with Crippen molar-refractivity contribution in [3.63, 3.8) is 0 Å². The number of rotatable bonds is 4. The van der Waals surface area contributed by atoms with Gasteiger partial charge in [0.25, 0.3) is 0 Å². The number of hydrogen-bond acceptors (Lipinski definition) is 4. The second-order valence-electron chi connectivity index (χ2n) is 7.58. The molecule has 148 valence electrons. The molecule has 1 saturated heterocycles. The summed E-state index contributed by atoms with van der Waals surface area (Å²) in [5.74, 6) is -0.801. The van der Waals surface area contributed by atoms with Crippen LogP contribution in [0, 0.1) is 26.7 Å². The van der Waals surface area contributed by atoms with Gasteiger partial charge in [-0.3, -0.25) is 14.6 Å². The van der Waals surface area contributed by atoms with Gasteiger partial charge in [0.2, 0.25) is 0 Å². The van der Waals surface area contributed by atoms with Crippen LogP contribution >= 0.6 is 0 Å². The summed E-state index contributed by atoms with van der Waals surface area (Å²) >= 11 is 0. The zero-order valence-corrected chi connectivity index (χ0v) is 16.8. The molecule has 0 saturated carbocycles. The first kappa shape index (κ1) is 19.9. The van der Waals surface area contributed by atoms with E-state index in [1.54, 1.807) is 6.20 Å². The number of anilines is 2. The molecule has 2 amide bonds. The van der Waals surface area contributed by atoms with Gasteiger partial charge in [-0.15, -0.1) is 0 Å². The number of benzene rings is 1. The van der Waals surface area contributed by atoms with Gasteiger partial charge in [0.05, 0.1) is 11.9 Å². The van der Waals surface area contributed by atoms with Crippen LogP contribution in [0.1, 0.15) is 29.5 Å². The molecule has 2 N–H and O–H groups in total. The zero-order valence-electron chi connectivity index (χ0n) is 16.8. The highest BCUT2D eigenvalue weighted by Gasteiger charge is 2.22. The molecule has 0 unspecified atom stereocenters. The minimum absolute atomic E-state index is 0.382. The van der Waals surface area contributed by atoms with Gasteiger partial charge in [0.15, 0.2) is 0 Å². The van der Waals surface area contributed by atoms with Crippen molar-refractivity contribution in [1.82, 2.24) is 10.3 Å². The summed E-state index contributed by atoms with van der Waals surface area (Å²) in [5.41, 5.74) is 4.90. The van der Waals surface area contributed by atoms with Crippen LogP contribution in [0.5, 0.6) is 0 Å². The van der Waals surface area contributed by atoms with Crippen LogP contribution in [0.4, 0.5) is 11.4 Å². The minimum Gasteiger partial charge on any atom is -0.370 e. The van der Waals surface area contributed by atoms with E-state index >= 15 is 0 Å². The van der Waals surface area contributed by atoms with Gasteiger partial charge in [0, 0.05) is 31.5 Å². The third-order valence-electron chi connectivity index (χ3n) is 5.30. The molecule has 6 heteroatoms. The van der Waals surface area contributed by atoms with E-state index in [9.17, 15) is 9.59 Å². The van der Waals surface area contributed by atoms with Crippen molar-refractivity contribution in [3.8, 4) is 0 Å². The van der Waals surface area contributed by atoms with Crippen molar-refractivity contribution in [2.75, 3.05) is 29.9 Å². The Morgan fingerprint density at radius 3 is 2.39 bits per heavy atom. The Hall–Kier alpha value is -2.89. The second-order valence-corrected chi connectivity index (χ2v) is 7.58. The second kappa shape index (κ2) is 8.87. The van der Waals surface area contributed by atoms with E-state index in [0.29, 0.717) is 12.5 Å². The Kier molecular flexibility index (Phi) is 6.29. The fourth-order valence-corrected chi connectivity index (χ4v) is 3.80. The summed E-state index contributed by atoms with van der Waals surface area (Å²) in [6, 6.07) is 8.00. The molecule has 2 heterocycles. The highest BCUT2D eigenvalue weighted by molar-refractivity contribution is 6.39. The smallest absolute Gasteiger partial charge is 0.313 e. The number of carbonyl (C=O) groups excluding carboxylic acids is 2. The third-order valence-corrected chi connectivity index (χ3v) is 5.30. The standard InChI is InChI=1S/C22H28N4O2/c1-15-11-16(2)20(17(3)12-15)25-22(28)21(27)24-13-18-6-9-26(10-7-18)19-5-4-8-23-14-19/h4-5,8,11-12,14,18H,6-7,9-10,13H2,1-3H3,(H,24,27)(H,25,28). The highest BCUT2D eigenvalue weighted by Crippen LogP contribution is 2.23. The van der Waals surface area contributed by atoms with E-state index < -0.39 is 11.8 Å². The molecule has 0 bridgehead atoms. The van der Waals surface area contributed by atoms with Gasteiger partial charge < -0.3 is 15.5 Å². The number of pyridine rings is 1. The number of amides is 2. The summed E-state index contributed by atoms with van der Waals surface area (Å²) in [5, 5.41) is 5.55. The molecule has 2 aromatic rings. The van der Waals surface area contributed by atoms with Crippen LogP contribution in [0.2, 0.25) is 0 Å². The topological polar surface area (TPSA) is 74.3 Å². The lowest BCUT2D eigenvalue weighted by atomic mass is 9.96. The van der Waals surface area contributed by atoms with Crippen LogP contribution in [0.25, 0.3) is 0 Å². The predicted octanol–water partition coefficient (Wildman–Crippen LogP) is 2.98. The maximum Gasteiger partial charge on any atom is 0.313 e. The molecule has 0 spiro atoms. The molecular formula is C22H28N4O2. The third kappa shape index (κ3) is 4.88. The summed E-state index contributed by atoms with van der Waals surface area (Å²) < 4.78 is 0. The van der Waals surface area contributed by atoms with Gasteiger partial charge in [-0.1, -0.05) is 17.7 Å². The number of hydrogen-bond donors (Lipinski definition) is 2. The number of aromatic nitrogens is 1. The molecule has 1 aromatic heterocycles. The number of nitrogens with zero attached hydrogens (tertiary/aromatic N) is 2. The first-order valence-electron chi connectivity index (χ1n) is 9.76. The SMILES string of the molecule is Cc1cc(C)c(NC(=O)C(=O)NCC2CCN(c3cccnc3)CC2)c(C)c1. The Bertz CT molecular complexity index is 820. The molecule has 0 atom stereocenters. The quantitative estimate of drug-likeness (QED) is 0.800. The average molecular weight is 380 g/mol. The molecule has 1 aliphatic heterocycles. The Morgan fingerprint density at radius 2 is 1.79 bits per heavy atom. The van der Waals surface area contributed by atoms with Crippen LogP contribution in [-0.4, -0.2) is 36.4 Å². The zero-order chi connectivity index (χ0) is 20.1. The van der Waals surface area contributed by atoms with Crippen molar-refractivity contribution >= 4 is 23.2 Å². The van der Waals surface area contributed by atoms with E-state index in [1.807, 2.05) is 45.2 Å². The maximum atomic E-state index is 12.3. The van der Waals surface area contributed by atoms with Crippen molar-refractivity contribution in [1.29, 1.82) is 0 Å². The molecular weight excluding hydrogens is 352 g/mol. The Balaban J connectivity index is 1.46. The summed E-state index contributed by atoms with van der Waals surface area (Å²) in [4.78, 5) is 31.0. The van der Waals surface area contributed by atoms with Gasteiger partial charge in [-0.25, -0.2) is 0 Å². The lowest BCUT2D eigenvalue weighted by Gasteiger charge is -2.33. The molecule has 1 fully saturated rings. The lowest BCUT2D eigenvalue weighted by Crippen LogP contribution is -2.42. The Morgan fingerprint density at radius 1 is 1.11 bits per heavy atom. The van der Waals surface area contributed by atoms with Gasteiger partial charge in [0.1, 0.15) is 0 Å². The maximum absolute atomic E-state index is 12.3. The summed E-state index contributed by atoms with van der Waals surface area (Å²) in [6.45, 7) is 8.27. The van der Waals surface area contributed by atoms with Crippen LogP contribution in [0.3, 0.4) is 0 Å². The molecule has 0 aliphatic carbocycles. The van der Waals surface area contributed by atoms with Crippen molar-refractivity contribution in [2.24, 2.45) is 5.92 Å². The summed E-state index contributed by atoms with van der Waals surface area (Å²) in [6.07, 6.45) is 5.61. The van der Waals surface area contributed by atoms with E-state index in [1.165, 1.54) is 0 Å². The molecule has 28 heavy (non-hydrogen) atoms. The van der Waals surface area contributed by atoms with E-state index in [4.69, 9.17) is 0 Å². The fourth-order valence-electron chi connectivity index (χ4n) is 3.80. The van der Waals surface area contributed by atoms with Gasteiger partial charge in [-0.05, 0) is 62.8 Å². The monoisotopic (exact) mass is 380 g/mol. The Labute approximate surface area is 166 Å². The largest absolute Gasteiger partial charge is 0.370 e. The highest BCUT2D eigenvalue weighted by atomic mass is 16.2.